The summed E-state index contributed by atoms with van der Waals surface area (Å²) in [6.07, 6.45) is -1.89. The molecule has 42 heavy (non-hydrogen) atoms. The zero-order valence-electron chi connectivity index (χ0n) is 22.8. The zero-order valence-corrected chi connectivity index (χ0v) is 23.6. The van der Waals surface area contributed by atoms with Crippen molar-refractivity contribution in [3.8, 4) is 22.8 Å². The van der Waals surface area contributed by atoms with Crippen LogP contribution in [0, 0.1) is 6.92 Å². The molecule has 5 rings (SSSR count). The van der Waals surface area contributed by atoms with Gasteiger partial charge in [0, 0.05) is 12.0 Å². The van der Waals surface area contributed by atoms with Crippen LogP contribution in [0.15, 0.2) is 78.0 Å². The monoisotopic (exact) mass is 593 g/mol. The van der Waals surface area contributed by atoms with E-state index >= 15 is 0 Å². The maximum absolute atomic E-state index is 12.8. The number of benzene rings is 3. The van der Waals surface area contributed by atoms with Crippen molar-refractivity contribution in [3.05, 3.63) is 89.7 Å². The Hall–Kier alpha value is -4.45. The van der Waals surface area contributed by atoms with E-state index in [1.54, 1.807) is 4.90 Å². The van der Waals surface area contributed by atoms with Crippen LogP contribution < -0.4 is 9.64 Å². The number of halogens is 3. The first-order valence-electron chi connectivity index (χ1n) is 13.1. The fourth-order valence-electron chi connectivity index (χ4n) is 4.42. The first kappa shape index (κ1) is 29.1. The number of ether oxygens (including phenoxy) is 1. The molecule has 0 N–H and O–H groups in total. The number of carbonyl (C=O) groups is 2. The normalized spacial score (nSPS) is 14.5. The molecule has 0 bridgehead atoms. The van der Waals surface area contributed by atoms with E-state index in [1.165, 1.54) is 47.0 Å². The number of hydrogen-bond acceptors (Lipinski definition) is 6. The standard InChI is InChI=1S/C30H26F3N5O3S/c1-3-21-8-4-19(2)16-25(21)38-27(40)17-42-29(38)35-26(39)15-7-20-5-9-22(10-6-20)28-34-18-37(36-28)23-11-13-24(14-12-23)41-30(31,32)33/h4-6,8-14,16,18H,3,7,15,17H2,1-2H3. The molecule has 0 saturated carbocycles. The molecule has 1 aliphatic heterocycles. The van der Waals surface area contributed by atoms with Crippen LogP contribution in [0.25, 0.3) is 17.1 Å². The maximum Gasteiger partial charge on any atom is 0.573 e. The van der Waals surface area contributed by atoms with Crippen LogP contribution in [0.2, 0.25) is 0 Å². The predicted octanol–water partition coefficient (Wildman–Crippen LogP) is 6.30. The van der Waals surface area contributed by atoms with E-state index in [0.717, 1.165) is 34.4 Å². The molecule has 0 aliphatic carbocycles. The Morgan fingerprint density at radius 1 is 1.07 bits per heavy atom. The van der Waals surface area contributed by atoms with Crippen LogP contribution in [-0.4, -0.2) is 43.9 Å². The van der Waals surface area contributed by atoms with Gasteiger partial charge in [0.2, 0.25) is 11.8 Å². The van der Waals surface area contributed by atoms with Gasteiger partial charge >= 0.3 is 6.36 Å². The molecule has 0 spiro atoms. The number of nitrogens with zero attached hydrogens (tertiary/aromatic N) is 5. The number of thioether (sulfide) groups is 1. The lowest BCUT2D eigenvalue weighted by atomic mass is 10.1. The second kappa shape index (κ2) is 12.2. The number of aryl methyl sites for hydroxylation is 3. The number of anilines is 1. The van der Waals surface area contributed by atoms with Crippen LogP contribution in [-0.2, 0) is 22.4 Å². The second-order valence-corrected chi connectivity index (χ2v) is 10.5. The quantitative estimate of drug-likeness (QED) is 0.238. The van der Waals surface area contributed by atoms with Crippen molar-refractivity contribution in [2.24, 2.45) is 4.99 Å². The molecular formula is C30H26F3N5O3S. The summed E-state index contributed by atoms with van der Waals surface area (Å²) in [6.45, 7) is 3.99. The topological polar surface area (TPSA) is 89.7 Å². The SMILES string of the molecule is CCc1ccc(C)cc1N1C(=O)CSC1=NC(=O)CCc1ccc(-c2ncn(-c3ccc(OC(F)(F)F)cc3)n2)cc1. The molecule has 3 aromatic carbocycles. The fraction of sp³-hybridized carbons (Fsp3) is 0.233. The summed E-state index contributed by atoms with van der Waals surface area (Å²) in [6, 6.07) is 18.7. The Balaban J connectivity index is 1.21. The number of carbonyl (C=O) groups excluding carboxylic acids is 2. The summed E-state index contributed by atoms with van der Waals surface area (Å²) in [5.74, 6) is -0.0428. The van der Waals surface area contributed by atoms with E-state index < -0.39 is 6.36 Å². The smallest absolute Gasteiger partial charge is 0.406 e. The first-order valence-corrected chi connectivity index (χ1v) is 14.1. The molecular weight excluding hydrogens is 567 g/mol. The predicted molar refractivity (Wildman–Crippen MR) is 155 cm³/mol. The maximum atomic E-state index is 12.8. The second-order valence-electron chi connectivity index (χ2n) is 9.54. The highest BCUT2D eigenvalue weighted by Crippen LogP contribution is 2.31. The summed E-state index contributed by atoms with van der Waals surface area (Å²) in [4.78, 5) is 35.6. The summed E-state index contributed by atoms with van der Waals surface area (Å²) in [5.41, 5.74) is 5.00. The number of rotatable bonds is 8. The van der Waals surface area contributed by atoms with Gasteiger partial charge in [-0.3, -0.25) is 14.5 Å². The van der Waals surface area contributed by atoms with E-state index in [2.05, 4.69) is 19.8 Å². The van der Waals surface area contributed by atoms with Crippen LogP contribution in [0.3, 0.4) is 0 Å². The Kier molecular flexibility index (Phi) is 8.44. The summed E-state index contributed by atoms with van der Waals surface area (Å²) in [5, 5.41) is 4.82. The van der Waals surface area contributed by atoms with Crippen LogP contribution in [0.4, 0.5) is 18.9 Å². The molecule has 2 heterocycles. The molecule has 2 amide bonds. The Labute approximate surface area is 244 Å². The number of aromatic nitrogens is 3. The number of hydrogen-bond donors (Lipinski definition) is 0. The Bertz CT molecular complexity index is 1630. The minimum atomic E-state index is -4.76. The van der Waals surface area contributed by atoms with Crippen molar-refractivity contribution >= 4 is 34.4 Å². The van der Waals surface area contributed by atoms with Crippen LogP contribution in [0.1, 0.15) is 30.0 Å². The highest BCUT2D eigenvalue weighted by molar-refractivity contribution is 8.15. The van der Waals surface area contributed by atoms with E-state index in [9.17, 15) is 22.8 Å². The van der Waals surface area contributed by atoms with E-state index in [1.807, 2.05) is 56.3 Å². The molecule has 1 aromatic heterocycles. The number of aliphatic imine (C=N–C) groups is 1. The van der Waals surface area contributed by atoms with Crippen molar-refractivity contribution in [1.82, 2.24) is 14.8 Å². The van der Waals surface area contributed by atoms with Gasteiger partial charge < -0.3 is 4.74 Å². The van der Waals surface area contributed by atoms with Gasteiger partial charge in [-0.2, -0.15) is 4.99 Å². The molecule has 0 radical (unpaired) electrons. The van der Waals surface area contributed by atoms with Gasteiger partial charge in [0.1, 0.15) is 12.1 Å². The largest absolute Gasteiger partial charge is 0.573 e. The lowest BCUT2D eigenvalue weighted by Crippen LogP contribution is -2.30. The Morgan fingerprint density at radius 3 is 2.50 bits per heavy atom. The van der Waals surface area contributed by atoms with Crippen molar-refractivity contribution < 1.29 is 27.5 Å². The van der Waals surface area contributed by atoms with Crippen molar-refractivity contribution in [2.45, 2.75) is 39.5 Å². The number of alkyl halides is 3. The number of amidine groups is 1. The molecule has 1 aliphatic rings. The zero-order chi connectivity index (χ0) is 29.9. The fourth-order valence-corrected chi connectivity index (χ4v) is 5.29. The molecule has 0 atom stereocenters. The van der Waals surface area contributed by atoms with Gasteiger partial charge in [-0.05, 0) is 66.8 Å². The van der Waals surface area contributed by atoms with Crippen molar-refractivity contribution in [2.75, 3.05) is 10.7 Å². The lowest BCUT2D eigenvalue weighted by Gasteiger charge is -2.20. The highest BCUT2D eigenvalue weighted by atomic mass is 32.2. The third-order valence-electron chi connectivity index (χ3n) is 6.51. The molecule has 0 unspecified atom stereocenters. The Morgan fingerprint density at radius 2 is 1.81 bits per heavy atom. The molecule has 12 heteroatoms. The summed E-state index contributed by atoms with van der Waals surface area (Å²) < 4.78 is 42.5. The third kappa shape index (κ3) is 6.88. The first-order chi connectivity index (χ1) is 20.1. The van der Waals surface area contributed by atoms with Gasteiger partial charge in [0.25, 0.3) is 0 Å². The van der Waals surface area contributed by atoms with Gasteiger partial charge in [0.05, 0.1) is 17.1 Å². The van der Waals surface area contributed by atoms with Gasteiger partial charge in [-0.25, -0.2) is 9.67 Å². The molecule has 216 valence electrons. The minimum Gasteiger partial charge on any atom is -0.406 e. The van der Waals surface area contributed by atoms with E-state index in [-0.39, 0.29) is 29.7 Å². The van der Waals surface area contributed by atoms with Gasteiger partial charge in [-0.1, -0.05) is 55.1 Å². The summed E-state index contributed by atoms with van der Waals surface area (Å²) >= 11 is 1.27. The molecule has 4 aromatic rings. The van der Waals surface area contributed by atoms with Crippen LogP contribution in [0.5, 0.6) is 5.75 Å². The number of amides is 2. The lowest BCUT2D eigenvalue weighted by molar-refractivity contribution is -0.274. The third-order valence-corrected chi connectivity index (χ3v) is 7.44. The van der Waals surface area contributed by atoms with Crippen molar-refractivity contribution in [1.29, 1.82) is 0 Å². The molecule has 1 fully saturated rings. The highest BCUT2D eigenvalue weighted by Gasteiger charge is 2.32. The van der Waals surface area contributed by atoms with Crippen LogP contribution >= 0.6 is 11.8 Å². The van der Waals surface area contributed by atoms with Gasteiger partial charge in [-0.15, -0.1) is 18.3 Å². The van der Waals surface area contributed by atoms with E-state index in [0.29, 0.717) is 23.1 Å². The molecule has 8 nitrogen and oxygen atoms in total. The average Bonchev–Trinajstić information content (AvgIpc) is 3.59. The average molecular weight is 594 g/mol. The van der Waals surface area contributed by atoms with Crippen molar-refractivity contribution in [3.63, 3.8) is 0 Å². The van der Waals surface area contributed by atoms with E-state index in [4.69, 9.17) is 0 Å². The van der Waals surface area contributed by atoms with Gasteiger partial charge in [0.15, 0.2) is 11.0 Å². The minimum absolute atomic E-state index is 0.0917. The summed E-state index contributed by atoms with van der Waals surface area (Å²) in [7, 11) is 0. The molecule has 1 saturated heterocycles.